The fraction of sp³-hybridized carbons (Fsp3) is 0.286. The molecular formula is C14H17N3O2S2. The summed E-state index contributed by atoms with van der Waals surface area (Å²) in [6.45, 7) is 1.82. The number of amides is 2. The molecule has 2 rings (SSSR count). The lowest BCUT2D eigenvalue weighted by molar-refractivity contribution is 0.250. The third kappa shape index (κ3) is 4.95. The van der Waals surface area contributed by atoms with Crippen LogP contribution in [0.1, 0.15) is 6.92 Å². The third-order valence-electron chi connectivity index (χ3n) is 2.63. The van der Waals surface area contributed by atoms with Crippen molar-refractivity contribution in [1.82, 2.24) is 10.3 Å². The molecule has 0 aliphatic carbocycles. The lowest BCUT2D eigenvalue weighted by atomic mass is 10.2. The zero-order valence-electron chi connectivity index (χ0n) is 11.8. The highest BCUT2D eigenvalue weighted by molar-refractivity contribution is 7.84. The summed E-state index contributed by atoms with van der Waals surface area (Å²) in [5.74, 6) is 0.436. The van der Waals surface area contributed by atoms with Gasteiger partial charge in [-0.1, -0.05) is 41.7 Å². The summed E-state index contributed by atoms with van der Waals surface area (Å²) in [6.07, 6.45) is 3.25. The number of hydrogen-bond donors (Lipinski definition) is 2. The Morgan fingerprint density at radius 2 is 2.10 bits per heavy atom. The normalized spacial score (nSPS) is 13.4. The van der Waals surface area contributed by atoms with Crippen LogP contribution in [0, 0.1) is 0 Å². The minimum absolute atomic E-state index is 0.141. The molecule has 1 aromatic carbocycles. The summed E-state index contributed by atoms with van der Waals surface area (Å²) < 4.78 is 11.1. The van der Waals surface area contributed by atoms with Crippen LogP contribution >= 0.6 is 11.3 Å². The first kappa shape index (κ1) is 15.7. The second kappa shape index (κ2) is 7.33. The molecule has 0 aliphatic rings. The van der Waals surface area contributed by atoms with Crippen molar-refractivity contribution in [1.29, 1.82) is 0 Å². The summed E-state index contributed by atoms with van der Waals surface area (Å²) in [7, 11) is -0.932. The fourth-order valence-corrected chi connectivity index (χ4v) is 3.42. The van der Waals surface area contributed by atoms with Gasteiger partial charge in [-0.15, -0.1) is 0 Å². The van der Waals surface area contributed by atoms with Gasteiger partial charge in [0.15, 0.2) is 0 Å². The monoisotopic (exact) mass is 323 g/mol. The topological polar surface area (TPSA) is 71.1 Å². The van der Waals surface area contributed by atoms with Gasteiger partial charge in [0.2, 0.25) is 0 Å². The van der Waals surface area contributed by atoms with Crippen LogP contribution in [0.5, 0.6) is 0 Å². The van der Waals surface area contributed by atoms with Crippen molar-refractivity contribution in [3.05, 3.63) is 36.5 Å². The minimum Gasteiger partial charge on any atom is -0.334 e. The van der Waals surface area contributed by atoms with Gasteiger partial charge >= 0.3 is 6.03 Å². The molecule has 2 aromatic rings. The molecule has 5 nitrogen and oxygen atoms in total. The number of nitrogens with zero attached hydrogens (tertiary/aromatic N) is 1. The van der Waals surface area contributed by atoms with Gasteiger partial charge in [-0.25, -0.2) is 9.78 Å². The van der Waals surface area contributed by atoms with Gasteiger partial charge in [-0.3, -0.25) is 9.53 Å². The van der Waals surface area contributed by atoms with Crippen molar-refractivity contribution in [3.8, 4) is 10.6 Å². The average molecular weight is 323 g/mol. The van der Waals surface area contributed by atoms with Gasteiger partial charge in [0.25, 0.3) is 0 Å². The number of thiazole rings is 1. The summed E-state index contributed by atoms with van der Waals surface area (Å²) in [5, 5.41) is 7.02. The SMILES string of the molecule is CC(CS(C)=O)NC(=O)Nc1cnc(-c2ccccc2)s1. The molecule has 7 heteroatoms. The Morgan fingerprint density at radius 3 is 2.76 bits per heavy atom. The molecule has 0 saturated carbocycles. The minimum atomic E-state index is -0.932. The maximum Gasteiger partial charge on any atom is 0.320 e. The molecule has 21 heavy (non-hydrogen) atoms. The molecule has 2 amide bonds. The zero-order valence-corrected chi connectivity index (χ0v) is 13.5. The van der Waals surface area contributed by atoms with Crippen molar-refractivity contribution in [2.45, 2.75) is 13.0 Å². The zero-order chi connectivity index (χ0) is 15.2. The molecule has 0 spiro atoms. The molecule has 2 unspecified atom stereocenters. The first-order chi connectivity index (χ1) is 10.0. The number of anilines is 1. The van der Waals surface area contributed by atoms with Gasteiger partial charge in [0, 0.05) is 34.4 Å². The molecule has 1 heterocycles. The second-order valence-corrected chi connectivity index (χ2v) is 7.15. The van der Waals surface area contributed by atoms with E-state index in [0.717, 1.165) is 10.6 Å². The van der Waals surface area contributed by atoms with Crippen molar-refractivity contribution in [2.24, 2.45) is 0 Å². The number of carbonyl (C=O) groups is 1. The fourth-order valence-electron chi connectivity index (χ4n) is 1.81. The number of aromatic nitrogens is 1. The second-order valence-electron chi connectivity index (χ2n) is 4.64. The first-order valence-corrected chi connectivity index (χ1v) is 8.98. The van der Waals surface area contributed by atoms with Crippen LogP contribution in [0.15, 0.2) is 36.5 Å². The van der Waals surface area contributed by atoms with Gasteiger partial charge in [-0.2, -0.15) is 0 Å². The highest BCUT2D eigenvalue weighted by Gasteiger charge is 2.11. The molecule has 0 radical (unpaired) electrons. The van der Waals surface area contributed by atoms with Crippen LogP contribution in [0.3, 0.4) is 0 Å². The summed E-state index contributed by atoms with van der Waals surface area (Å²) >= 11 is 1.41. The lowest BCUT2D eigenvalue weighted by Crippen LogP contribution is -2.38. The molecule has 112 valence electrons. The van der Waals surface area contributed by atoms with E-state index in [1.165, 1.54) is 11.3 Å². The van der Waals surface area contributed by atoms with E-state index in [0.29, 0.717) is 10.8 Å². The van der Waals surface area contributed by atoms with Crippen LogP contribution in [0.2, 0.25) is 0 Å². The van der Waals surface area contributed by atoms with Gasteiger partial charge in [-0.05, 0) is 6.92 Å². The van der Waals surface area contributed by atoms with Crippen LogP contribution in [0.25, 0.3) is 10.6 Å². The predicted octanol–water partition coefficient (Wildman–Crippen LogP) is 2.70. The van der Waals surface area contributed by atoms with E-state index in [2.05, 4.69) is 15.6 Å². The van der Waals surface area contributed by atoms with E-state index in [-0.39, 0.29) is 12.1 Å². The van der Waals surface area contributed by atoms with Crippen LogP contribution in [0.4, 0.5) is 9.80 Å². The van der Waals surface area contributed by atoms with Crippen LogP contribution in [-0.2, 0) is 10.8 Å². The Morgan fingerprint density at radius 1 is 1.38 bits per heavy atom. The highest BCUT2D eigenvalue weighted by atomic mass is 32.2. The summed E-state index contributed by atoms with van der Waals surface area (Å²) in [6, 6.07) is 9.34. The van der Waals surface area contributed by atoms with E-state index in [9.17, 15) is 9.00 Å². The van der Waals surface area contributed by atoms with Gasteiger partial charge in [0.1, 0.15) is 10.0 Å². The molecule has 0 aliphatic heterocycles. The molecule has 0 bridgehead atoms. The molecule has 0 saturated heterocycles. The number of carbonyl (C=O) groups excluding carboxylic acids is 1. The Kier molecular flexibility index (Phi) is 5.46. The summed E-state index contributed by atoms with van der Waals surface area (Å²) in [5.41, 5.74) is 1.02. The van der Waals surface area contributed by atoms with E-state index < -0.39 is 10.8 Å². The lowest BCUT2D eigenvalue weighted by Gasteiger charge is -2.12. The van der Waals surface area contributed by atoms with Crippen LogP contribution in [-0.4, -0.2) is 33.3 Å². The third-order valence-corrected chi connectivity index (χ3v) is 4.56. The van der Waals surface area contributed by atoms with E-state index in [4.69, 9.17) is 0 Å². The summed E-state index contributed by atoms with van der Waals surface area (Å²) in [4.78, 5) is 16.1. The Bertz CT molecular complexity index is 628. The van der Waals surface area contributed by atoms with Gasteiger partial charge in [0.05, 0.1) is 6.20 Å². The molecular weight excluding hydrogens is 306 g/mol. The maximum absolute atomic E-state index is 11.8. The smallest absolute Gasteiger partial charge is 0.320 e. The first-order valence-electron chi connectivity index (χ1n) is 6.43. The van der Waals surface area contributed by atoms with E-state index in [1.807, 2.05) is 37.3 Å². The Balaban J connectivity index is 1.93. The predicted molar refractivity (Wildman–Crippen MR) is 88.1 cm³/mol. The number of rotatable bonds is 5. The number of urea groups is 1. The number of hydrogen-bond acceptors (Lipinski definition) is 4. The highest BCUT2D eigenvalue weighted by Crippen LogP contribution is 2.27. The van der Waals surface area contributed by atoms with E-state index in [1.54, 1.807) is 12.5 Å². The standard InChI is InChI=1S/C14H17N3O2S2/c1-10(9-21(2)19)16-14(18)17-12-8-15-13(20-12)11-6-4-3-5-7-11/h3-8,10H,9H2,1-2H3,(H2,16,17,18). The molecule has 0 fully saturated rings. The Labute approximate surface area is 130 Å². The molecule has 2 atom stereocenters. The molecule has 2 N–H and O–H groups in total. The quantitative estimate of drug-likeness (QED) is 0.889. The van der Waals surface area contributed by atoms with Crippen molar-refractivity contribution >= 4 is 33.2 Å². The Hall–Kier alpha value is -1.73. The van der Waals surface area contributed by atoms with Gasteiger partial charge < -0.3 is 5.32 Å². The maximum atomic E-state index is 11.8. The van der Waals surface area contributed by atoms with Crippen molar-refractivity contribution < 1.29 is 9.00 Å². The number of benzene rings is 1. The van der Waals surface area contributed by atoms with Crippen molar-refractivity contribution in [2.75, 3.05) is 17.3 Å². The number of nitrogens with one attached hydrogen (secondary N) is 2. The largest absolute Gasteiger partial charge is 0.334 e. The van der Waals surface area contributed by atoms with Crippen LogP contribution < -0.4 is 10.6 Å². The molecule has 1 aromatic heterocycles. The average Bonchev–Trinajstić information content (AvgIpc) is 2.86. The van der Waals surface area contributed by atoms with E-state index >= 15 is 0 Å². The van der Waals surface area contributed by atoms with Crippen molar-refractivity contribution in [3.63, 3.8) is 0 Å².